The molecule has 2 atom stereocenters. The van der Waals surface area contributed by atoms with Crippen LogP contribution in [0.2, 0.25) is 0 Å². The standard InChI is InChI=1S/C19H22F4O3/c1-5-6-12-13(19(12,2)3)18(24)26-9-11-16(22)14(20)10(7-8-25-4)15(21)17(11)23/h5-6,12-13H,7-9H2,1-4H3. The number of hydrogen-bond donors (Lipinski definition) is 0. The summed E-state index contributed by atoms with van der Waals surface area (Å²) in [6.45, 7) is 4.59. The molecule has 0 aliphatic heterocycles. The van der Waals surface area contributed by atoms with E-state index in [0.29, 0.717) is 0 Å². The highest BCUT2D eigenvalue weighted by Crippen LogP contribution is 2.59. The second-order valence-electron chi connectivity index (χ2n) is 6.91. The van der Waals surface area contributed by atoms with Crippen LogP contribution in [0.25, 0.3) is 0 Å². The van der Waals surface area contributed by atoms with Crippen LogP contribution >= 0.6 is 0 Å². The molecule has 1 aromatic rings. The van der Waals surface area contributed by atoms with E-state index in [-0.39, 0.29) is 24.4 Å². The second-order valence-corrected chi connectivity index (χ2v) is 6.91. The molecule has 0 aromatic heterocycles. The third-order valence-electron chi connectivity index (χ3n) is 4.92. The quantitative estimate of drug-likeness (QED) is 0.309. The largest absolute Gasteiger partial charge is 0.460 e. The van der Waals surface area contributed by atoms with E-state index in [0.717, 1.165) is 0 Å². The van der Waals surface area contributed by atoms with Crippen LogP contribution in [0.4, 0.5) is 17.6 Å². The molecule has 0 saturated heterocycles. The van der Waals surface area contributed by atoms with E-state index in [2.05, 4.69) is 4.74 Å². The van der Waals surface area contributed by atoms with E-state index in [1.54, 1.807) is 0 Å². The summed E-state index contributed by atoms with van der Waals surface area (Å²) in [4.78, 5) is 12.2. The zero-order valence-electron chi connectivity index (χ0n) is 15.2. The van der Waals surface area contributed by atoms with Crippen LogP contribution in [0.5, 0.6) is 0 Å². The predicted molar refractivity (Wildman–Crippen MR) is 87.2 cm³/mol. The van der Waals surface area contributed by atoms with Crippen molar-refractivity contribution in [1.82, 2.24) is 0 Å². The molecule has 26 heavy (non-hydrogen) atoms. The molecule has 1 saturated carbocycles. The molecular formula is C19H22F4O3. The lowest BCUT2D eigenvalue weighted by Crippen LogP contribution is -2.15. The minimum Gasteiger partial charge on any atom is -0.460 e. The number of rotatable bonds is 7. The van der Waals surface area contributed by atoms with Gasteiger partial charge in [0.1, 0.15) is 6.61 Å². The molecule has 2 rings (SSSR count). The van der Waals surface area contributed by atoms with Crippen molar-refractivity contribution < 1.29 is 31.8 Å². The Labute approximate surface area is 150 Å². The lowest BCUT2D eigenvalue weighted by molar-refractivity contribution is -0.147. The first-order valence-electron chi connectivity index (χ1n) is 8.30. The fourth-order valence-corrected chi connectivity index (χ4v) is 3.20. The Balaban J connectivity index is 2.17. The van der Waals surface area contributed by atoms with E-state index in [4.69, 9.17) is 4.74 Å². The maximum absolute atomic E-state index is 14.1. The van der Waals surface area contributed by atoms with Crippen molar-refractivity contribution in [3.05, 3.63) is 46.5 Å². The van der Waals surface area contributed by atoms with Crippen molar-refractivity contribution in [2.75, 3.05) is 13.7 Å². The fraction of sp³-hybridized carbons (Fsp3) is 0.526. The van der Waals surface area contributed by atoms with Crippen LogP contribution in [0.15, 0.2) is 12.2 Å². The summed E-state index contributed by atoms with van der Waals surface area (Å²) < 4.78 is 65.9. The van der Waals surface area contributed by atoms with Gasteiger partial charge in [-0.1, -0.05) is 26.0 Å². The third kappa shape index (κ3) is 3.63. The summed E-state index contributed by atoms with van der Waals surface area (Å²) in [6, 6.07) is 0. The molecule has 3 nitrogen and oxygen atoms in total. The van der Waals surface area contributed by atoms with Crippen LogP contribution in [0.1, 0.15) is 31.9 Å². The molecule has 1 aliphatic carbocycles. The Kier molecular flexibility index (Phi) is 6.11. The topological polar surface area (TPSA) is 35.5 Å². The van der Waals surface area contributed by atoms with Gasteiger partial charge in [0.05, 0.1) is 18.1 Å². The maximum Gasteiger partial charge on any atom is 0.310 e. The summed E-state index contributed by atoms with van der Waals surface area (Å²) in [5.41, 5.74) is -2.00. The Morgan fingerprint density at radius 1 is 1.08 bits per heavy atom. The van der Waals surface area contributed by atoms with Crippen molar-refractivity contribution in [2.45, 2.75) is 33.8 Å². The van der Waals surface area contributed by atoms with Crippen LogP contribution in [0.3, 0.4) is 0 Å². The van der Waals surface area contributed by atoms with Crippen molar-refractivity contribution in [3.8, 4) is 0 Å². The third-order valence-corrected chi connectivity index (χ3v) is 4.92. The highest BCUT2D eigenvalue weighted by atomic mass is 19.2. The smallest absolute Gasteiger partial charge is 0.310 e. The van der Waals surface area contributed by atoms with Gasteiger partial charge in [-0.15, -0.1) is 0 Å². The minimum atomic E-state index is -1.55. The van der Waals surface area contributed by atoms with Gasteiger partial charge < -0.3 is 9.47 Å². The molecule has 0 bridgehead atoms. The van der Waals surface area contributed by atoms with Gasteiger partial charge >= 0.3 is 5.97 Å². The summed E-state index contributed by atoms with van der Waals surface area (Å²) >= 11 is 0. The zero-order valence-corrected chi connectivity index (χ0v) is 15.2. The maximum atomic E-state index is 14.1. The normalized spacial score (nSPS) is 21.2. The van der Waals surface area contributed by atoms with Gasteiger partial charge in [-0.25, -0.2) is 17.6 Å². The van der Waals surface area contributed by atoms with Crippen molar-refractivity contribution in [1.29, 1.82) is 0 Å². The zero-order chi connectivity index (χ0) is 19.6. The molecule has 1 fully saturated rings. The molecule has 0 radical (unpaired) electrons. The van der Waals surface area contributed by atoms with Gasteiger partial charge in [0.2, 0.25) is 0 Å². The van der Waals surface area contributed by atoms with E-state index in [1.807, 2.05) is 32.9 Å². The molecule has 7 heteroatoms. The predicted octanol–water partition coefficient (Wildman–Crippen LogP) is 4.32. The van der Waals surface area contributed by atoms with E-state index in [9.17, 15) is 22.4 Å². The SMILES string of the molecule is CC=CC1C(C(=O)OCc2c(F)c(F)c(CCOC)c(F)c2F)C1(C)C. The van der Waals surface area contributed by atoms with Gasteiger partial charge in [-0.05, 0) is 18.3 Å². The Bertz CT molecular complexity index is 699. The minimum absolute atomic E-state index is 0.0421. The highest BCUT2D eigenvalue weighted by Gasteiger charge is 2.61. The van der Waals surface area contributed by atoms with Gasteiger partial charge in [0.15, 0.2) is 23.3 Å². The highest BCUT2D eigenvalue weighted by molar-refractivity contribution is 5.78. The van der Waals surface area contributed by atoms with E-state index >= 15 is 0 Å². The monoisotopic (exact) mass is 374 g/mol. The molecule has 0 spiro atoms. The first-order valence-corrected chi connectivity index (χ1v) is 8.30. The Morgan fingerprint density at radius 2 is 1.62 bits per heavy atom. The van der Waals surface area contributed by atoms with Crippen molar-refractivity contribution in [2.24, 2.45) is 17.3 Å². The fourth-order valence-electron chi connectivity index (χ4n) is 3.20. The van der Waals surface area contributed by atoms with E-state index < -0.39 is 52.9 Å². The van der Waals surface area contributed by atoms with Gasteiger partial charge in [-0.3, -0.25) is 4.79 Å². The van der Waals surface area contributed by atoms with Gasteiger partial charge in [-0.2, -0.15) is 0 Å². The number of carbonyl (C=O) groups excluding carboxylic acids is 1. The first-order chi connectivity index (χ1) is 12.2. The number of esters is 1. The first kappa shape index (κ1) is 20.4. The summed E-state index contributed by atoms with van der Waals surface area (Å²) in [5, 5.41) is 0. The number of halogens is 4. The van der Waals surface area contributed by atoms with Gasteiger partial charge in [0.25, 0.3) is 0 Å². The average Bonchev–Trinajstić information content (AvgIpc) is 3.14. The van der Waals surface area contributed by atoms with Crippen molar-refractivity contribution >= 4 is 5.97 Å². The molecule has 0 N–H and O–H groups in total. The summed E-state index contributed by atoms with van der Waals surface area (Å²) in [7, 11) is 1.30. The number of hydrogen-bond acceptors (Lipinski definition) is 3. The molecule has 144 valence electrons. The van der Waals surface area contributed by atoms with Crippen LogP contribution < -0.4 is 0 Å². The van der Waals surface area contributed by atoms with Gasteiger partial charge in [0, 0.05) is 19.1 Å². The van der Waals surface area contributed by atoms with E-state index in [1.165, 1.54) is 7.11 Å². The Morgan fingerprint density at radius 3 is 2.12 bits per heavy atom. The second kappa shape index (κ2) is 7.78. The molecule has 0 amide bonds. The Hall–Kier alpha value is -1.89. The number of benzene rings is 1. The molecular weight excluding hydrogens is 352 g/mol. The molecule has 1 aromatic carbocycles. The molecule has 0 heterocycles. The summed E-state index contributed by atoms with van der Waals surface area (Å²) in [6.07, 6.45) is 3.35. The van der Waals surface area contributed by atoms with Crippen LogP contribution in [0, 0.1) is 40.5 Å². The van der Waals surface area contributed by atoms with Crippen LogP contribution in [-0.4, -0.2) is 19.7 Å². The molecule has 1 aliphatic rings. The average molecular weight is 374 g/mol. The molecule has 2 unspecified atom stereocenters. The number of carbonyl (C=O) groups is 1. The number of ether oxygens (including phenoxy) is 2. The number of allylic oxidation sites excluding steroid dienone is 2. The lowest BCUT2D eigenvalue weighted by Gasteiger charge is -2.12. The lowest BCUT2D eigenvalue weighted by atomic mass is 10.1. The van der Waals surface area contributed by atoms with Crippen LogP contribution in [-0.2, 0) is 27.3 Å². The number of methoxy groups -OCH3 is 1. The summed E-state index contributed by atoms with van der Waals surface area (Å²) in [5.74, 6) is -7.25. The van der Waals surface area contributed by atoms with Crippen molar-refractivity contribution in [3.63, 3.8) is 0 Å².